The number of hydrogen-bond donors (Lipinski definition) is 0. The summed E-state index contributed by atoms with van der Waals surface area (Å²) in [6, 6.07) is 35.0. The van der Waals surface area contributed by atoms with E-state index in [1.165, 1.54) is 57.1 Å². The monoisotopic (exact) mass is 524 g/mol. The van der Waals surface area contributed by atoms with E-state index >= 15 is 0 Å². The maximum atomic E-state index is 3.30. The van der Waals surface area contributed by atoms with E-state index in [9.17, 15) is 0 Å². The third-order valence-electron chi connectivity index (χ3n) is 5.89. The zero-order valence-corrected chi connectivity index (χ0v) is 22.9. The molecule has 0 nitrogen and oxygen atoms in total. The third-order valence-corrected chi connectivity index (χ3v) is 8.29. The minimum absolute atomic E-state index is 0. The molecule has 33 heavy (non-hydrogen) atoms. The van der Waals surface area contributed by atoms with Crippen LogP contribution in [0.2, 0.25) is 0 Å². The summed E-state index contributed by atoms with van der Waals surface area (Å²) in [4.78, 5) is 0. The first-order valence-corrected chi connectivity index (χ1v) is 12.9. The molecule has 0 atom stereocenters. The number of benzene rings is 3. The number of rotatable bonds is 6. The third kappa shape index (κ3) is 6.79. The van der Waals surface area contributed by atoms with Gasteiger partial charge in [0.2, 0.25) is 0 Å². The standard InChI is InChI=1S/C21H16P.C10H15.Zr/c1-3-11-19(12-4-1)22(20-13-5-2-6-14-20)21-15-17-9-7-8-10-18(17)16-21;1-3-4-7-10-8-5-6-9(10)2;/h1-16H;8H,3-5,7H2,1-2H3;/q2*-1;+2. The van der Waals surface area contributed by atoms with Crippen molar-refractivity contribution < 1.29 is 26.2 Å². The molecule has 164 valence electrons. The Morgan fingerprint density at radius 1 is 0.848 bits per heavy atom. The molecule has 2 heteroatoms. The smallest absolute Gasteiger partial charge is 0.269 e. The van der Waals surface area contributed by atoms with Crippen molar-refractivity contribution in [3.8, 4) is 0 Å². The van der Waals surface area contributed by atoms with Crippen LogP contribution in [0.4, 0.5) is 0 Å². The molecule has 0 fully saturated rings. The Morgan fingerprint density at radius 3 is 2.00 bits per heavy atom. The van der Waals surface area contributed by atoms with E-state index in [4.69, 9.17) is 0 Å². The Labute approximate surface area is 219 Å². The van der Waals surface area contributed by atoms with Crippen molar-refractivity contribution in [3.63, 3.8) is 0 Å². The van der Waals surface area contributed by atoms with Gasteiger partial charge in [-0.25, -0.2) is 5.57 Å². The summed E-state index contributed by atoms with van der Waals surface area (Å²) in [7, 11) is -0.493. The number of unbranched alkanes of at least 4 members (excludes halogenated alkanes) is 1. The Bertz CT molecular complexity index is 1110. The van der Waals surface area contributed by atoms with Gasteiger partial charge in [0.25, 0.3) is 0 Å². The summed E-state index contributed by atoms with van der Waals surface area (Å²) in [5.41, 5.74) is 2.91. The number of allylic oxidation sites excluding steroid dienone is 4. The summed E-state index contributed by atoms with van der Waals surface area (Å²) < 4.78 is 0. The predicted octanol–water partition coefficient (Wildman–Crippen LogP) is 7.57. The molecule has 0 saturated heterocycles. The van der Waals surface area contributed by atoms with Gasteiger partial charge in [0.1, 0.15) is 0 Å². The van der Waals surface area contributed by atoms with Crippen LogP contribution in [0.15, 0.2) is 114 Å². The van der Waals surface area contributed by atoms with E-state index in [2.05, 4.69) is 123 Å². The number of hydrogen-bond acceptors (Lipinski definition) is 0. The van der Waals surface area contributed by atoms with Gasteiger partial charge in [0.15, 0.2) is 0 Å². The zero-order valence-electron chi connectivity index (χ0n) is 19.6. The summed E-state index contributed by atoms with van der Waals surface area (Å²) >= 11 is 0. The molecule has 1 aliphatic carbocycles. The van der Waals surface area contributed by atoms with Crippen molar-refractivity contribution in [2.24, 2.45) is 0 Å². The Hall–Kier alpha value is -1.94. The van der Waals surface area contributed by atoms with Crippen LogP contribution >= 0.6 is 7.92 Å². The topological polar surface area (TPSA) is 0 Å². The van der Waals surface area contributed by atoms with Crippen LogP contribution in [0.1, 0.15) is 39.5 Å². The van der Waals surface area contributed by atoms with Crippen molar-refractivity contribution in [2.45, 2.75) is 39.5 Å². The van der Waals surface area contributed by atoms with E-state index in [1.54, 1.807) is 0 Å². The summed E-state index contributed by atoms with van der Waals surface area (Å²) in [5, 5.41) is 6.89. The quantitative estimate of drug-likeness (QED) is 0.180. The van der Waals surface area contributed by atoms with Gasteiger partial charge in [0, 0.05) is 0 Å². The van der Waals surface area contributed by atoms with Crippen molar-refractivity contribution in [3.05, 3.63) is 120 Å². The second-order valence-corrected chi connectivity index (χ2v) is 10.4. The van der Waals surface area contributed by atoms with Crippen LogP contribution in [-0.2, 0) is 26.2 Å². The van der Waals surface area contributed by atoms with Crippen molar-refractivity contribution in [1.82, 2.24) is 0 Å². The minimum atomic E-state index is -0.493. The molecule has 1 aliphatic rings. The van der Waals surface area contributed by atoms with E-state index in [0.717, 1.165) is 6.42 Å². The number of fused-ring (bicyclic) bond motifs is 1. The van der Waals surface area contributed by atoms with E-state index in [1.807, 2.05) is 0 Å². The molecule has 0 heterocycles. The summed E-state index contributed by atoms with van der Waals surface area (Å²) in [6.45, 7) is 4.40. The van der Waals surface area contributed by atoms with Crippen LogP contribution < -0.4 is 15.9 Å². The second-order valence-electron chi connectivity index (χ2n) is 8.19. The van der Waals surface area contributed by atoms with Crippen LogP contribution in [-0.4, -0.2) is 0 Å². The SMILES string of the molecule is CCCCC1=CC[C-]=C1C.[Zr+2].c1ccc(P(c2ccccc2)c2cc3ccccc3[cH-]2)cc1. The predicted molar refractivity (Wildman–Crippen MR) is 143 cm³/mol. The van der Waals surface area contributed by atoms with Crippen molar-refractivity contribution in [1.29, 1.82) is 0 Å². The summed E-state index contributed by atoms with van der Waals surface area (Å²) in [6.07, 6.45) is 10.5. The zero-order chi connectivity index (χ0) is 22.2. The fraction of sp³-hybridized carbons (Fsp3) is 0.194. The maximum absolute atomic E-state index is 3.30. The largest absolute Gasteiger partial charge is 2.00 e. The van der Waals surface area contributed by atoms with E-state index in [0.29, 0.717) is 0 Å². The fourth-order valence-corrected chi connectivity index (χ4v) is 6.49. The van der Waals surface area contributed by atoms with Gasteiger partial charge >= 0.3 is 26.2 Å². The molecule has 0 spiro atoms. The minimum Gasteiger partial charge on any atom is -0.269 e. The molecule has 4 aromatic rings. The first-order chi connectivity index (χ1) is 15.8. The molecule has 4 aromatic carbocycles. The average molecular weight is 526 g/mol. The molecule has 0 aromatic heterocycles. The van der Waals surface area contributed by atoms with Gasteiger partial charge in [0.05, 0.1) is 0 Å². The van der Waals surface area contributed by atoms with Gasteiger partial charge in [-0.2, -0.15) is 17.7 Å². The molecule has 0 bridgehead atoms. The molecular formula is C31H31PZr. The molecule has 0 amide bonds. The Kier molecular flexibility index (Phi) is 10.2. The summed E-state index contributed by atoms with van der Waals surface area (Å²) in [5.74, 6) is 0. The average Bonchev–Trinajstić information content (AvgIpc) is 3.45. The first kappa shape index (κ1) is 25.7. The van der Waals surface area contributed by atoms with Gasteiger partial charge in [-0.15, -0.1) is 46.8 Å². The molecule has 0 saturated carbocycles. The van der Waals surface area contributed by atoms with Crippen LogP contribution in [0, 0.1) is 6.08 Å². The van der Waals surface area contributed by atoms with Gasteiger partial charge in [-0.1, -0.05) is 99.8 Å². The molecule has 0 radical (unpaired) electrons. The normalized spacial score (nSPS) is 12.6. The van der Waals surface area contributed by atoms with E-state index < -0.39 is 7.92 Å². The van der Waals surface area contributed by atoms with Crippen LogP contribution in [0.5, 0.6) is 0 Å². The molecular weight excluding hydrogens is 495 g/mol. The Balaban J connectivity index is 0.000000237. The van der Waals surface area contributed by atoms with Crippen LogP contribution in [0.3, 0.4) is 0 Å². The molecule has 0 unspecified atom stereocenters. The Morgan fingerprint density at radius 2 is 1.45 bits per heavy atom. The maximum Gasteiger partial charge on any atom is 2.00 e. The second kappa shape index (κ2) is 13.1. The van der Waals surface area contributed by atoms with Crippen molar-refractivity contribution >= 4 is 34.6 Å². The van der Waals surface area contributed by atoms with Crippen LogP contribution in [0.25, 0.3) is 10.8 Å². The van der Waals surface area contributed by atoms with Gasteiger partial charge < -0.3 is 0 Å². The fourth-order valence-electron chi connectivity index (χ4n) is 4.12. The molecule has 0 N–H and O–H groups in total. The molecule has 5 rings (SSSR count). The van der Waals surface area contributed by atoms with Gasteiger partial charge in [-0.3, -0.25) is 6.08 Å². The van der Waals surface area contributed by atoms with Crippen molar-refractivity contribution in [2.75, 3.05) is 0 Å². The molecule has 0 aliphatic heterocycles. The van der Waals surface area contributed by atoms with E-state index in [-0.39, 0.29) is 26.2 Å². The first-order valence-electron chi connectivity index (χ1n) is 11.6. The van der Waals surface area contributed by atoms with Gasteiger partial charge in [-0.05, 0) is 18.5 Å².